The van der Waals surface area contributed by atoms with E-state index in [-0.39, 0.29) is 6.04 Å². The maximum absolute atomic E-state index is 12.8. The molecule has 2 aromatic rings. The average Bonchev–Trinajstić information content (AvgIpc) is 3.01. The smallest absolute Gasteiger partial charge is 0.243 e. The van der Waals surface area contributed by atoms with E-state index < -0.39 is 10.0 Å². The Morgan fingerprint density at radius 1 is 1.19 bits per heavy atom. The molecular formula is C14H18N4O2S. The lowest BCUT2D eigenvalue weighted by molar-refractivity contribution is 0.223. The highest BCUT2D eigenvalue weighted by Gasteiger charge is 2.33. The number of aromatic nitrogens is 3. The normalized spacial score (nSPS) is 20.5. The molecule has 0 saturated carbocycles. The first-order valence-electron chi connectivity index (χ1n) is 7.09. The van der Waals surface area contributed by atoms with Gasteiger partial charge in [-0.05, 0) is 25.0 Å². The molecule has 1 saturated heterocycles. The fraction of sp³-hybridized carbons (Fsp3) is 0.429. The van der Waals surface area contributed by atoms with Gasteiger partial charge in [0.1, 0.15) is 0 Å². The van der Waals surface area contributed by atoms with Crippen LogP contribution in [0.3, 0.4) is 0 Å². The van der Waals surface area contributed by atoms with E-state index in [0.717, 1.165) is 19.3 Å². The Morgan fingerprint density at radius 2 is 2.00 bits per heavy atom. The minimum absolute atomic E-state index is 0.0642. The zero-order valence-corrected chi connectivity index (χ0v) is 12.5. The maximum Gasteiger partial charge on any atom is 0.243 e. The van der Waals surface area contributed by atoms with Gasteiger partial charge in [0, 0.05) is 18.8 Å². The van der Waals surface area contributed by atoms with Crippen LogP contribution >= 0.6 is 0 Å². The molecule has 1 fully saturated rings. The number of hydrogen-bond donors (Lipinski definition) is 0. The zero-order valence-electron chi connectivity index (χ0n) is 11.7. The third-order valence-corrected chi connectivity index (χ3v) is 5.76. The number of sulfonamides is 1. The van der Waals surface area contributed by atoms with Crippen LogP contribution in [0.25, 0.3) is 0 Å². The van der Waals surface area contributed by atoms with E-state index in [1.54, 1.807) is 45.6 Å². The molecule has 6 nitrogen and oxygen atoms in total. The molecule has 3 rings (SSSR count). The van der Waals surface area contributed by atoms with Crippen LogP contribution in [0.1, 0.15) is 19.3 Å². The maximum atomic E-state index is 12.8. The Balaban J connectivity index is 1.87. The van der Waals surface area contributed by atoms with Crippen molar-refractivity contribution in [3.05, 3.63) is 42.7 Å². The monoisotopic (exact) mass is 306 g/mol. The molecule has 0 amide bonds. The van der Waals surface area contributed by atoms with Gasteiger partial charge in [-0.25, -0.2) is 8.42 Å². The standard InChI is InChI=1S/C14H18N4O2S/c19-21(20,14-7-2-1-3-8-14)18-10-5-4-6-13(18)12-17-11-9-15-16-17/h1-3,7-9,11,13H,4-6,10,12H2. The SMILES string of the molecule is O=S(=O)(c1ccccc1)N1CCCCC1Cn1ccnn1. The molecule has 0 aliphatic carbocycles. The van der Waals surface area contributed by atoms with Crippen LogP contribution < -0.4 is 0 Å². The van der Waals surface area contributed by atoms with Crippen LogP contribution in [-0.2, 0) is 16.6 Å². The van der Waals surface area contributed by atoms with Crippen molar-refractivity contribution in [1.82, 2.24) is 19.3 Å². The first kappa shape index (κ1) is 14.2. The Bertz CT molecular complexity index is 670. The predicted octanol–water partition coefficient (Wildman–Crippen LogP) is 1.52. The quantitative estimate of drug-likeness (QED) is 0.859. The van der Waals surface area contributed by atoms with Crippen molar-refractivity contribution in [2.24, 2.45) is 0 Å². The van der Waals surface area contributed by atoms with Crippen molar-refractivity contribution in [3.8, 4) is 0 Å². The minimum Gasteiger partial charge on any atom is -0.251 e. The van der Waals surface area contributed by atoms with E-state index in [2.05, 4.69) is 10.3 Å². The number of piperidine rings is 1. The molecule has 0 radical (unpaired) electrons. The lowest BCUT2D eigenvalue weighted by Gasteiger charge is -2.34. The van der Waals surface area contributed by atoms with Gasteiger partial charge in [0.25, 0.3) is 0 Å². The Labute approximate surface area is 124 Å². The number of rotatable bonds is 4. The second-order valence-electron chi connectivity index (χ2n) is 5.20. The molecular weight excluding hydrogens is 288 g/mol. The molecule has 2 heterocycles. The fourth-order valence-electron chi connectivity index (χ4n) is 2.75. The number of nitrogens with zero attached hydrogens (tertiary/aromatic N) is 4. The number of benzene rings is 1. The molecule has 1 aliphatic heterocycles. The van der Waals surface area contributed by atoms with Gasteiger partial charge in [0.05, 0.1) is 17.6 Å². The highest BCUT2D eigenvalue weighted by atomic mass is 32.2. The summed E-state index contributed by atoms with van der Waals surface area (Å²) in [5.74, 6) is 0. The van der Waals surface area contributed by atoms with Crippen LogP contribution in [0.15, 0.2) is 47.6 Å². The summed E-state index contributed by atoms with van der Waals surface area (Å²) < 4.78 is 28.9. The van der Waals surface area contributed by atoms with E-state index >= 15 is 0 Å². The highest BCUT2D eigenvalue weighted by molar-refractivity contribution is 7.89. The summed E-state index contributed by atoms with van der Waals surface area (Å²) in [6.45, 7) is 1.11. The van der Waals surface area contributed by atoms with Crippen molar-refractivity contribution in [3.63, 3.8) is 0 Å². The average molecular weight is 306 g/mol. The van der Waals surface area contributed by atoms with Crippen LogP contribution in [0, 0.1) is 0 Å². The lowest BCUT2D eigenvalue weighted by atomic mass is 10.1. The molecule has 0 N–H and O–H groups in total. The Morgan fingerprint density at radius 3 is 2.71 bits per heavy atom. The topological polar surface area (TPSA) is 68.1 Å². The second-order valence-corrected chi connectivity index (χ2v) is 7.09. The lowest BCUT2D eigenvalue weighted by Crippen LogP contribution is -2.45. The molecule has 21 heavy (non-hydrogen) atoms. The van der Waals surface area contributed by atoms with Gasteiger partial charge in [-0.3, -0.25) is 4.68 Å². The Hall–Kier alpha value is -1.73. The Kier molecular flexibility index (Phi) is 4.03. The van der Waals surface area contributed by atoms with Gasteiger partial charge in [0.15, 0.2) is 0 Å². The van der Waals surface area contributed by atoms with Crippen LogP contribution in [0.2, 0.25) is 0 Å². The van der Waals surface area contributed by atoms with Crippen molar-refractivity contribution >= 4 is 10.0 Å². The van der Waals surface area contributed by atoms with Gasteiger partial charge in [-0.15, -0.1) is 5.10 Å². The molecule has 1 aromatic heterocycles. The van der Waals surface area contributed by atoms with Crippen molar-refractivity contribution in [1.29, 1.82) is 0 Å². The van der Waals surface area contributed by atoms with Gasteiger partial charge in [-0.2, -0.15) is 4.31 Å². The summed E-state index contributed by atoms with van der Waals surface area (Å²) in [4.78, 5) is 0.357. The molecule has 7 heteroatoms. The van der Waals surface area contributed by atoms with E-state index in [9.17, 15) is 8.42 Å². The van der Waals surface area contributed by atoms with E-state index in [1.165, 1.54) is 0 Å². The van der Waals surface area contributed by atoms with Crippen molar-refractivity contribution in [2.75, 3.05) is 6.54 Å². The highest BCUT2D eigenvalue weighted by Crippen LogP contribution is 2.26. The summed E-state index contributed by atoms with van der Waals surface area (Å²) in [6, 6.07) is 8.56. The summed E-state index contributed by atoms with van der Waals surface area (Å²) >= 11 is 0. The molecule has 1 aliphatic rings. The van der Waals surface area contributed by atoms with E-state index in [4.69, 9.17) is 0 Å². The van der Waals surface area contributed by atoms with Gasteiger partial charge < -0.3 is 0 Å². The number of hydrogen-bond acceptors (Lipinski definition) is 4. The fourth-order valence-corrected chi connectivity index (χ4v) is 4.45. The minimum atomic E-state index is -3.44. The van der Waals surface area contributed by atoms with Crippen LogP contribution in [0.4, 0.5) is 0 Å². The molecule has 1 atom stereocenters. The molecule has 112 valence electrons. The molecule has 1 unspecified atom stereocenters. The summed E-state index contributed by atoms with van der Waals surface area (Å²) in [6.07, 6.45) is 6.17. The third kappa shape index (κ3) is 2.98. The van der Waals surface area contributed by atoms with Crippen LogP contribution in [0.5, 0.6) is 0 Å². The summed E-state index contributed by atoms with van der Waals surface area (Å²) in [7, 11) is -3.44. The first-order chi connectivity index (χ1) is 10.2. The van der Waals surface area contributed by atoms with E-state index in [1.807, 2.05) is 6.07 Å². The largest absolute Gasteiger partial charge is 0.251 e. The predicted molar refractivity (Wildman–Crippen MR) is 78.0 cm³/mol. The molecule has 0 bridgehead atoms. The zero-order chi connectivity index (χ0) is 14.7. The van der Waals surface area contributed by atoms with Gasteiger partial charge in [0.2, 0.25) is 10.0 Å². The van der Waals surface area contributed by atoms with Crippen molar-refractivity contribution < 1.29 is 8.42 Å². The third-order valence-electron chi connectivity index (χ3n) is 3.79. The summed E-state index contributed by atoms with van der Waals surface area (Å²) in [5.41, 5.74) is 0. The van der Waals surface area contributed by atoms with E-state index in [0.29, 0.717) is 18.0 Å². The molecule has 0 spiro atoms. The second kappa shape index (κ2) is 5.95. The van der Waals surface area contributed by atoms with Crippen LogP contribution in [-0.4, -0.2) is 40.3 Å². The van der Waals surface area contributed by atoms with Crippen molar-refractivity contribution in [2.45, 2.75) is 36.7 Å². The van der Waals surface area contributed by atoms with Gasteiger partial charge in [-0.1, -0.05) is 29.8 Å². The summed E-state index contributed by atoms with van der Waals surface area (Å²) in [5, 5.41) is 7.72. The first-order valence-corrected chi connectivity index (χ1v) is 8.53. The molecule has 1 aromatic carbocycles. The van der Waals surface area contributed by atoms with Gasteiger partial charge >= 0.3 is 0 Å².